The van der Waals surface area contributed by atoms with Gasteiger partial charge in [-0.3, -0.25) is 4.79 Å². The van der Waals surface area contributed by atoms with Crippen molar-refractivity contribution in [2.24, 2.45) is 0 Å². The fourth-order valence-electron chi connectivity index (χ4n) is 5.09. The summed E-state index contributed by atoms with van der Waals surface area (Å²) < 4.78 is 5.33. The van der Waals surface area contributed by atoms with Crippen LogP contribution >= 0.6 is 0 Å². The Labute approximate surface area is 218 Å². The molecule has 0 N–H and O–H groups in total. The number of carbonyl (C=O) groups is 1. The third-order valence-corrected chi connectivity index (χ3v) is 7.20. The van der Waals surface area contributed by atoms with Gasteiger partial charge in [-0.1, -0.05) is 64.5 Å². The van der Waals surface area contributed by atoms with Crippen LogP contribution in [0.4, 0.5) is 5.82 Å². The van der Waals surface area contributed by atoms with E-state index in [0.29, 0.717) is 12.3 Å². The Morgan fingerprint density at radius 2 is 1.64 bits per heavy atom. The Kier molecular flexibility index (Phi) is 11.5. The Hall–Kier alpha value is -2.63. The minimum Gasteiger partial charge on any atom is -0.497 e. The molecule has 6 heteroatoms. The van der Waals surface area contributed by atoms with Crippen LogP contribution in [0.25, 0.3) is 0 Å². The van der Waals surface area contributed by atoms with Gasteiger partial charge in [0.1, 0.15) is 17.4 Å². The number of nitrogens with zero attached hydrogens (tertiary/aromatic N) is 4. The van der Waals surface area contributed by atoms with Gasteiger partial charge in [0, 0.05) is 50.3 Å². The highest BCUT2D eigenvalue weighted by molar-refractivity contribution is 5.76. The van der Waals surface area contributed by atoms with Crippen molar-refractivity contribution in [3.8, 4) is 5.75 Å². The molecule has 0 unspecified atom stereocenters. The third-order valence-electron chi connectivity index (χ3n) is 7.20. The number of amides is 1. The Balaban J connectivity index is 1.63. The largest absolute Gasteiger partial charge is 0.497 e. The van der Waals surface area contributed by atoms with E-state index < -0.39 is 0 Å². The molecule has 198 valence electrons. The van der Waals surface area contributed by atoms with Crippen LogP contribution in [0.1, 0.15) is 94.3 Å². The molecule has 6 nitrogen and oxygen atoms in total. The number of benzene rings is 1. The molecular formula is C30H46N4O2. The van der Waals surface area contributed by atoms with Gasteiger partial charge in [0.15, 0.2) is 0 Å². The topological polar surface area (TPSA) is 58.6 Å². The zero-order chi connectivity index (χ0) is 25.8. The molecule has 0 radical (unpaired) electrons. The summed E-state index contributed by atoms with van der Waals surface area (Å²) in [6, 6.07) is 8.26. The number of methoxy groups -OCH3 is 1. The summed E-state index contributed by atoms with van der Waals surface area (Å²) in [7, 11) is 1.69. The zero-order valence-electron chi connectivity index (χ0n) is 23.0. The number of anilines is 1. The minimum absolute atomic E-state index is 0.317. The molecule has 1 aromatic heterocycles. The average Bonchev–Trinajstić information content (AvgIpc) is 3.15. The molecule has 1 aliphatic heterocycles. The van der Waals surface area contributed by atoms with E-state index in [2.05, 4.69) is 35.8 Å². The molecule has 1 aliphatic rings. The molecule has 0 saturated carbocycles. The van der Waals surface area contributed by atoms with Crippen molar-refractivity contribution in [1.82, 2.24) is 14.9 Å². The van der Waals surface area contributed by atoms with Crippen LogP contribution in [-0.4, -0.2) is 54.1 Å². The van der Waals surface area contributed by atoms with Crippen LogP contribution in [0.15, 0.2) is 24.3 Å². The molecule has 0 aliphatic carbocycles. The first kappa shape index (κ1) is 27.9. The number of unbranched alkanes of at least 4 members (excludes halogenated alkanes) is 6. The lowest BCUT2D eigenvalue weighted by molar-refractivity contribution is -0.131. The van der Waals surface area contributed by atoms with Crippen molar-refractivity contribution >= 4 is 11.7 Å². The molecule has 0 atom stereocenters. The van der Waals surface area contributed by atoms with Crippen molar-refractivity contribution < 1.29 is 9.53 Å². The highest BCUT2D eigenvalue weighted by atomic mass is 16.5. The monoisotopic (exact) mass is 494 g/mol. The van der Waals surface area contributed by atoms with Gasteiger partial charge in [-0.05, 0) is 43.9 Å². The van der Waals surface area contributed by atoms with Gasteiger partial charge < -0.3 is 14.5 Å². The first-order valence-electron chi connectivity index (χ1n) is 14.1. The summed E-state index contributed by atoms with van der Waals surface area (Å²) in [5.74, 6) is 3.04. The molecule has 3 rings (SSSR count). The molecule has 1 amide bonds. The number of ether oxygens (including phenoxy) is 1. The predicted molar refractivity (Wildman–Crippen MR) is 148 cm³/mol. The summed E-state index contributed by atoms with van der Waals surface area (Å²) in [5.41, 5.74) is 3.54. The van der Waals surface area contributed by atoms with E-state index >= 15 is 0 Å². The maximum atomic E-state index is 12.9. The van der Waals surface area contributed by atoms with Crippen LogP contribution < -0.4 is 9.64 Å². The Morgan fingerprint density at radius 3 is 2.33 bits per heavy atom. The maximum Gasteiger partial charge on any atom is 0.222 e. The van der Waals surface area contributed by atoms with Crippen molar-refractivity contribution in [3.05, 3.63) is 46.9 Å². The quantitative estimate of drug-likeness (QED) is 0.314. The fraction of sp³-hybridized carbons (Fsp3) is 0.633. The maximum absolute atomic E-state index is 12.9. The van der Waals surface area contributed by atoms with Gasteiger partial charge in [-0.2, -0.15) is 0 Å². The number of carbonyl (C=O) groups excluding carboxylic acids is 1. The second kappa shape index (κ2) is 14.8. The summed E-state index contributed by atoms with van der Waals surface area (Å²) in [6.07, 6.45) is 12.0. The summed E-state index contributed by atoms with van der Waals surface area (Å²) in [6.45, 7) is 9.73. The molecular weight excluding hydrogens is 448 g/mol. The molecule has 0 bridgehead atoms. The van der Waals surface area contributed by atoms with Crippen molar-refractivity contribution in [3.63, 3.8) is 0 Å². The Bertz CT molecular complexity index is 945. The van der Waals surface area contributed by atoms with Gasteiger partial charge in [0.25, 0.3) is 0 Å². The standard InChI is InChI=1S/C30H46N4O2/c1-5-7-8-9-10-11-12-14-29(35)33-19-13-20-34(22-21-33)30-27(28(6-2)31-24(3)32-30)23-25-15-17-26(36-4)18-16-25/h15-18H,5-14,19-23H2,1-4H3. The average molecular weight is 495 g/mol. The van der Waals surface area contributed by atoms with E-state index in [4.69, 9.17) is 14.7 Å². The number of aromatic nitrogens is 2. The van der Waals surface area contributed by atoms with Gasteiger partial charge in [0.05, 0.1) is 7.11 Å². The molecule has 0 spiro atoms. The van der Waals surface area contributed by atoms with Crippen LogP contribution in [0.3, 0.4) is 0 Å². The van der Waals surface area contributed by atoms with E-state index in [1.165, 1.54) is 49.7 Å². The molecule has 1 aromatic carbocycles. The van der Waals surface area contributed by atoms with Crippen molar-refractivity contribution in [2.45, 2.75) is 91.4 Å². The van der Waals surface area contributed by atoms with E-state index in [-0.39, 0.29) is 0 Å². The SMILES string of the molecule is CCCCCCCCCC(=O)N1CCCN(c2nc(C)nc(CC)c2Cc2ccc(OC)cc2)CC1. The van der Waals surface area contributed by atoms with Gasteiger partial charge >= 0.3 is 0 Å². The third kappa shape index (κ3) is 8.21. The second-order valence-corrected chi connectivity index (χ2v) is 9.99. The lowest BCUT2D eigenvalue weighted by Gasteiger charge is -2.26. The fourth-order valence-corrected chi connectivity index (χ4v) is 5.09. The highest BCUT2D eigenvalue weighted by Crippen LogP contribution is 2.27. The van der Waals surface area contributed by atoms with E-state index in [1.54, 1.807) is 7.11 Å². The van der Waals surface area contributed by atoms with Gasteiger partial charge in [-0.15, -0.1) is 0 Å². The zero-order valence-corrected chi connectivity index (χ0v) is 23.0. The van der Waals surface area contributed by atoms with Gasteiger partial charge in [0.2, 0.25) is 5.91 Å². The van der Waals surface area contributed by atoms with Gasteiger partial charge in [-0.25, -0.2) is 9.97 Å². The summed E-state index contributed by atoms with van der Waals surface area (Å²) in [5, 5.41) is 0. The second-order valence-electron chi connectivity index (χ2n) is 9.99. The summed E-state index contributed by atoms with van der Waals surface area (Å²) in [4.78, 5) is 27.1. The number of aryl methyl sites for hydroxylation is 2. The number of hydrogen-bond donors (Lipinski definition) is 0. The number of hydrogen-bond acceptors (Lipinski definition) is 5. The first-order valence-corrected chi connectivity index (χ1v) is 14.1. The van der Waals surface area contributed by atoms with Crippen molar-refractivity contribution in [1.29, 1.82) is 0 Å². The molecule has 2 aromatic rings. The van der Waals surface area contributed by atoms with E-state index in [0.717, 1.165) is 74.9 Å². The highest BCUT2D eigenvalue weighted by Gasteiger charge is 2.23. The lowest BCUT2D eigenvalue weighted by atomic mass is 10.0. The molecule has 36 heavy (non-hydrogen) atoms. The van der Waals surface area contributed by atoms with E-state index in [1.807, 2.05) is 19.1 Å². The normalized spacial score (nSPS) is 14.1. The lowest BCUT2D eigenvalue weighted by Crippen LogP contribution is -2.35. The Morgan fingerprint density at radius 1 is 0.917 bits per heavy atom. The molecule has 2 heterocycles. The predicted octanol–water partition coefficient (Wildman–Crippen LogP) is 6.13. The number of rotatable bonds is 13. The minimum atomic E-state index is 0.317. The summed E-state index contributed by atoms with van der Waals surface area (Å²) >= 11 is 0. The van der Waals surface area contributed by atoms with Crippen molar-refractivity contribution in [2.75, 3.05) is 38.2 Å². The first-order chi connectivity index (χ1) is 17.5. The smallest absolute Gasteiger partial charge is 0.222 e. The van der Waals surface area contributed by atoms with Crippen LogP contribution in [0.5, 0.6) is 5.75 Å². The molecule has 1 saturated heterocycles. The van der Waals surface area contributed by atoms with Crippen LogP contribution in [-0.2, 0) is 17.6 Å². The van der Waals surface area contributed by atoms with Crippen LogP contribution in [0, 0.1) is 6.92 Å². The van der Waals surface area contributed by atoms with Crippen LogP contribution in [0.2, 0.25) is 0 Å². The van der Waals surface area contributed by atoms with E-state index in [9.17, 15) is 4.79 Å². The molecule has 1 fully saturated rings.